The average molecular weight is 1160 g/mol. The van der Waals surface area contributed by atoms with Crippen molar-refractivity contribution >= 4 is 75.0 Å². The first kappa shape index (κ1) is 52.6. The van der Waals surface area contributed by atoms with E-state index in [1.54, 1.807) is 11.3 Å². The minimum absolute atomic E-state index is 0.679. The molecule has 8 heteroatoms. The highest BCUT2D eigenvalue weighted by Crippen LogP contribution is 2.43. The summed E-state index contributed by atoms with van der Waals surface area (Å²) in [4.78, 5) is 26.1. The summed E-state index contributed by atoms with van der Waals surface area (Å²) in [6.45, 7) is 0. The minimum Gasteiger partial charge on any atom is -0.313 e. The van der Waals surface area contributed by atoms with Gasteiger partial charge in [-0.3, -0.25) is 4.57 Å². The highest BCUT2D eigenvalue weighted by atomic mass is 32.1. The van der Waals surface area contributed by atoms with Gasteiger partial charge in [0.05, 0.1) is 26.9 Å². The number of nitrogens with zero attached hydrogens (tertiary/aromatic N) is 7. The molecule has 0 amide bonds. The van der Waals surface area contributed by atoms with E-state index in [1.165, 1.54) is 113 Å². The van der Waals surface area contributed by atoms with Crippen LogP contribution in [0.1, 0.15) is 48.2 Å². The third-order valence-corrected chi connectivity index (χ3v) is 19.3. The van der Waals surface area contributed by atoms with Gasteiger partial charge in [0.25, 0.3) is 0 Å². The number of hydrogen-bond acceptors (Lipinski definition) is 6. The highest BCUT2D eigenvalue weighted by Gasteiger charge is 2.26. The van der Waals surface area contributed by atoms with Gasteiger partial charge in [-0.05, 0) is 161 Å². The molecule has 2 aliphatic carbocycles. The van der Waals surface area contributed by atoms with Crippen LogP contribution in [0.25, 0.3) is 143 Å². The molecule has 7 nitrogen and oxygen atoms in total. The van der Waals surface area contributed by atoms with Crippen molar-refractivity contribution in [3.8, 4) is 79.3 Å². The SMILES string of the molecule is c1ccc(-c2cc(-c3nc(-c4ccccc4)c4sc5ccccc5c4n3)cc(-n3c4c(c5cc6ccccc6cc53)CCCC4)c2)cc1.c1ccc(-c2cccc(-c3nc(-c4ccccc4)nc(-n4c5c(c6cc7ccccc7cc64)CCCC5)n3)c2)cc1. The maximum Gasteiger partial charge on any atom is 0.238 e. The molecule has 5 heterocycles. The van der Waals surface area contributed by atoms with Crippen LogP contribution in [0.15, 0.2) is 261 Å². The average Bonchev–Trinajstić information content (AvgIpc) is 1.70. The lowest BCUT2D eigenvalue weighted by Gasteiger charge is -2.18. The van der Waals surface area contributed by atoms with Crippen LogP contribution in [0.2, 0.25) is 0 Å². The molecular weight excluding hydrogens is 1100 g/mol. The second-order valence-electron chi connectivity index (χ2n) is 23.6. The topological polar surface area (TPSA) is 74.3 Å². The Morgan fingerprint density at radius 2 is 0.764 bits per heavy atom. The van der Waals surface area contributed by atoms with Crippen molar-refractivity contribution < 1.29 is 0 Å². The summed E-state index contributed by atoms with van der Waals surface area (Å²) >= 11 is 1.78. The van der Waals surface area contributed by atoms with Crippen LogP contribution in [-0.4, -0.2) is 34.1 Å². The standard InChI is InChI=1S/C44H31N3S.C37H28N4/c1-3-13-28(14-4-1)32-23-33(44-45-41(29-15-5-2-6-16-29)43-42(46-44)36-20-10-12-22-40(36)48-43)25-34(24-32)47-38-21-11-9-19-35(38)37-26-30-17-7-8-18-31(30)27-39(37)47;1-3-12-25(13-4-1)27-18-11-19-30(22-27)36-38-35(26-14-5-2-6-15-26)39-37(40-36)41-33-21-10-9-20-31(33)32-23-28-16-7-8-17-29(28)24-34(32)41/h1-8,10,12-18,20,22-27H,9,11,19,21H2;1-8,11-19,22-24H,9-10,20-21H2. The fourth-order valence-corrected chi connectivity index (χ4v) is 15.1. The Morgan fingerprint density at radius 3 is 1.40 bits per heavy atom. The summed E-state index contributed by atoms with van der Waals surface area (Å²) in [5.41, 5.74) is 20.1. The predicted molar refractivity (Wildman–Crippen MR) is 369 cm³/mol. The van der Waals surface area contributed by atoms with Crippen molar-refractivity contribution in [2.45, 2.75) is 51.4 Å². The molecule has 0 spiro atoms. The quantitative estimate of drug-likeness (QED) is 0.152. The molecular formula is C81H59N7S. The predicted octanol–water partition coefficient (Wildman–Crippen LogP) is 20.7. The third kappa shape index (κ3) is 9.55. The molecule has 0 atom stereocenters. The Morgan fingerprint density at radius 1 is 0.303 bits per heavy atom. The van der Waals surface area contributed by atoms with Crippen LogP contribution in [-0.2, 0) is 25.7 Å². The van der Waals surface area contributed by atoms with Crippen molar-refractivity contribution in [1.82, 2.24) is 34.1 Å². The lowest BCUT2D eigenvalue weighted by atomic mass is 9.94. The van der Waals surface area contributed by atoms with Crippen LogP contribution in [0, 0.1) is 0 Å². The number of aromatic nitrogens is 7. The molecule has 0 fully saturated rings. The maximum atomic E-state index is 5.37. The molecule has 0 radical (unpaired) electrons. The zero-order valence-electron chi connectivity index (χ0n) is 49.0. The van der Waals surface area contributed by atoms with E-state index < -0.39 is 0 Å². The van der Waals surface area contributed by atoms with Crippen molar-refractivity contribution in [2.75, 3.05) is 0 Å². The van der Waals surface area contributed by atoms with E-state index in [9.17, 15) is 0 Å². The number of fused-ring (bicyclic) bond motifs is 11. The first-order valence-corrected chi connectivity index (χ1v) is 32.0. The van der Waals surface area contributed by atoms with Crippen LogP contribution < -0.4 is 0 Å². The first-order chi connectivity index (χ1) is 44.1. The fourth-order valence-electron chi connectivity index (χ4n) is 13.9. The summed E-state index contributed by atoms with van der Waals surface area (Å²) in [5.74, 6) is 2.80. The van der Waals surface area contributed by atoms with Gasteiger partial charge in [0.1, 0.15) is 0 Å². The van der Waals surface area contributed by atoms with Crippen LogP contribution >= 0.6 is 11.3 Å². The number of aryl methyl sites for hydroxylation is 2. The Labute approximate surface area is 520 Å². The molecule has 89 heavy (non-hydrogen) atoms. The lowest BCUT2D eigenvalue weighted by molar-refractivity contribution is 0.661. The van der Waals surface area contributed by atoms with Crippen molar-refractivity contribution in [3.63, 3.8) is 0 Å². The lowest BCUT2D eigenvalue weighted by Crippen LogP contribution is -2.11. The summed E-state index contributed by atoms with van der Waals surface area (Å²) in [5, 5.41) is 8.93. The molecule has 0 bridgehead atoms. The molecule has 16 aromatic rings. The Balaban J connectivity index is 0.000000139. The molecule has 0 saturated carbocycles. The van der Waals surface area contributed by atoms with Gasteiger partial charge < -0.3 is 4.57 Å². The first-order valence-electron chi connectivity index (χ1n) is 31.1. The van der Waals surface area contributed by atoms with Crippen LogP contribution in [0.5, 0.6) is 0 Å². The van der Waals surface area contributed by atoms with Gasteiger partial charge in [0.2, 0.25) is 5.95 Å². The van der Waals surface area contributed by atoms with E-state index in [0.717, 1.165) is 86.5 Å². The van der Waals surface area contributed by atoms with Gasteiger partial charge >= 0.3 is 0 Å². The molecule has 0 unspecified atom stereocenters. The summed E-state index contributed by atoms with van der Waals surface area (Å²) < 4.78 is 7.22. The smallest absolute Gasteiger partial charge is 0.238 e. The zero-order valence-corrected chi connectivity index (χ0v) is 49.8. The van der Waals surface area contributed by atoms with E-state index in [0.29, 0.717) is 17.6 Å². The molecule has 0 aliphatic heterocycles. The Hall–Kier alpha value is -10.7. The van der Waals surface area contributed by atoms with Gasteiger partial charge in [-0.15, -0.1) is 11.3 Å². The number of rotatable bonds is 8. The highest BCUT2D eigenvalue weighted by molar-refractivity contribution is 7.26. The van der Waals surface area contributed by atoms with Gasteiger partial charge in [-0.25, -0.2) is 15.0 Å². The van der Waals surface area contributed by atoms with E-state index in [1.807, 2.05) is 24.3 Å². The van der Waals surface area contributed by atoms with Gasteiger partial charge in [-0.1, -0.05) is 206 Å². The second-order valence-corrected chi connectivity index (χ2v) is 24.7. The van der Waals surface area contributed by atoms with Gasteiger partial charge in [0, 0.05) is 60.2 Å². The zero-order chi connectivity index (χ0) is 58.8. The van der Waals surface area contributed by atoms with Crippen LogP contribution in [0.4, 0.5) is 0 Å². The van der Waals surface area contributed by atoms with E-state index in [2.05, 4.69) is 246 Å². The molecule has 0 N–H and O–H groups in total. The summed E-state index contributed by atoms with van der Waals surface area (Å²) in [6.07, 6.45) is 9.12. The Bertz CT molecular complexity index is 5380. The normalized spacial score (nSPS) is 13.0. The summed E-state index contributed by atoms with van der Waals surface area (Å²) in [6, 6.07) is 92.9. The largest absolute Gasteiger partial charge is 0.313 e. The van der Waals surface area contributed by atoms with Crippen molar-refractivity contribution in [3.05, 3.63) is 283 Å². The van der Waals surface area contributed by atoms with Crippen molar-refractivity contribution in [2.24, 2.45) is 0 Å². The minimum atomic E-state index is 0.679. The molecule has 18 rings (SSSR count). The van der Waals surface area contributed by atoms with Gasteiger partial charge in [0.15, 0.2) is 17.5 Å². The summed E-state index contributed by atoms with van der Waals surface area (Å²) in [7, 11) is 0. The maximum absolute atomic E-state index is 5.37. The molecule has 11 aromatic carbocycles. The second kappa shape index (κ2) is 22.2. The van der Waals surface area contributed by atoms with Gasteiger partial charge in [-0.2, -0.15) is 9.97 Å². The third-order valence-electron chi connectivity index (χ3n) is 18.2. The molecule has 5 aromatic heterocycles. The molecule has 2 aliphatic rings. The van der Waals surface area contributed by atoms with E-state index >= 15 is 0 Å². The van der Waals surface area contributed by atoms with E-state index in [-0.39, 0.29) is 0 Å². The Kier molecular flexibility index (Phi) is 13.2. The number of benzene rings is 11. The molecule has 424 valence electrons. The number of thiophene rings is 1. The molecule has 0 saturated heterocycles. The fraction of sp³-hybridized carbons (Fsp3) is 0.0988. The van der Waals surface area contributed by atoms with Crippen molar-refractivity contribution in [1.29, 1.82) is 0 Å². The van der Waals surface area contributed by atoms with E-state index in [4.69, 9.17) is 24.9 Å². The van der Waals surface area contributed by atoms with Crippen LogP contribution in [0.3, 0.4) is 0 Å². The number of hydrogen-bond donors (Lipinski definition) is 0. The monoisotopic (exact) mass is 1160 g/mol.